The van der Waals surface area contributed by atoms with Crippen molar-refractivity contribution in [2.24, 2.45) is 0 Å². The second kappa shape index (κ2) is 6.38. The molecule has 0 unspecified atom stereocenters. The summed E-state index contributed by atoms with van der Waals surface area (Å²) in [6.45, 7) is 0.426. The van der Waals surface area contributed by atoms with E-state index in [-0.39, 0.29) is 10.4 Å². The number of hydrogen-bond acceptors (Lipinski definition) is 4. The third-order valence-corrected chi connectivity index (χ3v) is 3.60. The van der Waals surface area contributed by atoms with Crippen LogP contribution in [0.3, 0.4) is 0 Å². The number of halogens is 2. The van der Waals surface area contributed by atoms with E-state index in [0.29, 0.717) is 29.0 Å². The molecule has 0 N–H and O–H groups in total. The lowest BCUT2D eigenvalue weighted by molar-refractivity contribution is 0.285. The minimum Gasteiger partial charge on any atom is -0.493 e. The van der Waals surface area contributed by atoms with Crippen molar-refractivity contribution in [2.45, 2.75) is 6.61 Å². The number of rotatable bonds is 4. The maximum absolute atomic E-state index is 6.08. The highest BCUT2D eigenvalue weighted by molar-refractivity contribution is 6.35. The number of ether oxygens (including phenoxy) is 2. The fourth-order valence-corrected chi connectivity index (χ4v) is 2.53. The van der Waals surface area contributed by atoms with Crippen molar-refractivity contribution >= 4 is 34.1 Å². The van der Waals surface area contributed by atoms with Gasteiger partial charge in [-0.15, -0.1) is 0 Å². The first-order valence-corrected chi connectivity index (χ1v) is 7.30. The van der Waals surface area contributed by atoms with Crippen LogP contribution in [0.5, 0.6) is 11.5 Å². The summed E-state index contributed by atoms with van der Waals surface area (Å²) in [5.74, 6) is 1.14. The van der Waals surface area contributed by atoms with Crippen LogP contribution in [0.15, 0.2) is 42.5 Å². The van der Waals surface area contributed by atoms with Crippen LogP contribution in [-0.4, -0.2) is 17.1 Å². The standard InChI is InChI=1S/C16H12Cl2N2O2/c1-21-13-7-11-12(19-16(18)20-15(11)17)8-14(13)22-9-10-5-3-2-4-6-10/h2-8H,9H2,1H3. The van der Waals surface area contributed by atoms with Gasteiger partial charge in [0.15, 0.2) is 11.5 Å². The van der Waals surface area contributed by atoms with Crippen molar-refractivity contribution in [3.8, 4) is 11.5 Å². The average molecular weight is 335 g/mol. The predicted molar refractivity (Wildman–Crippen MR) is 86.9 cm³/mol. The Morgan fingerprint density at radius 3 is 2.50 bits per heavy atom. The molecule has 22 heavy (non-hydrogen) atoms. The summed E-state index contributed by atoms with van der Waals surface area (Å²) in [6, 6.07) is 13.4. The van der Waals surface area contributed by atoms with Gasteiger partial charge in [0, 0.05) is 11.5 Å². The Labute approximate surface area is 137 Å². The monoisotopic (exact) mass is 334 g/mol. The van der Waals surface area contributed by atoms with E-state index in [0.717, 1.165) is 5.56 Å². The molecule has 0 aliphatic heterocycles. The molecule has 0 radical (unpaired) electrons. The predicted octanol–water partition coefficient (Wildman–Crippen LogP) is 4.52. The zero-order valence-corrected chi connectivity index (χ0v) is 13.2. The van der Waals surface area contributed by atoms with Crippen molar-refractivity contribution in [2.75, 3.05) is 7.11 Å². The molecular formula is C16H12Cl2N2O2. The molecule has 6 heteroatoms. The van der Waals surface area contributed by atoms with E-state index in [9.17, 15) is 0 Å². The number of methoxy groups -OCH3 is 1. The SMILES string of the molecule is COc1cc2c(Cl)nc(Cl)nc2cc1OCc1ccccc1. The van der Waals surface area contributed by atoms with Gasteiger partial charge in [0.25, 0.3) is 0 Å². The summed E-state index contributed by atoms with van der Waals surface area (Å²) in [5.41, 5.74) is 1.66. The lowest BCUT2D eigenvalue weighted by atomic mass is 10.2. The van der Waals surface area contributed by atoms with Crippen LogP contribution in [0.4, 0.5) is 0 Å². The molecule has 112 valence electrons. The smallest absolute Gasteiger partial charge is 0.224 e. The van der Waals surface area contributed by atoms with Gasteiger partial charge in [-0.3, -0.25) is 0 Å². The normalized spacial score (nSPS) is 10.7. The molecule has 0 fully saturated rings. The molecular weight excluding hydrogens is 323 g/mol. The molecule has 0 spiro atoms. The molecule has 0 aliphatic carbocycles. The molecule has 0 aliphatic rings. The maximum Gasteiger partial charge on any atom is 0.224 e. The van der Waals surface area contributed by atoms with Crippen molar-refractivity contribution in [3.05, 3.63) is 58.5 Å². The van der Waals surface area contributed by atoms with Crippen LogP contribution in [0.1, 0.15) is 5.56 Å². The molecule has 0 saturated carbocycles. The van der Waals surface area contributed by atoms with Crippen molar-refractivity contribution < 1.29 is 9.47 Å². The quantitative estimate of drug-likeness (QED) is 0.519. The van der Waals surface area contributed by atoms with Crippen LogP contribution >= 0.6 is 23.2 Å². The van der Waals surface area contributed by atoms with Crippen molar-refractivity contribution in [3.63, 3.8) is 0 Å². The van der Waals surface area contributed by atoms with E-state index >= 15 is 0 Å². The minimum atomic E-state index is 0.0941. The maximum atomic E-state index is 6.08. The Kier molecular flexibility index (Phi) is 4.32. The van der Waals surface area contributed by atoms with Crippen LogP contribution in [0, 0.1) is 0 Å². The van der Waals surface area contributed by atoms with Gasteiger partial charge in [0.05, 0.1) is 12.6 Å². The molecule has 0 atom stereocenters. The first-order chi connectivity index (χ1) is 10.7. The van der Waals surface area contributed by atoms with Crippen LogP contribution < -0.4 is 9.47 Å². The van der Waals surface area contributed by atoms with Gasteiger partial charge in [-0.05, 0) is 23.2 Å². The van der Waals surface area contributed by atoms with Gasteiger partial charge in [-0.2, -0.15) is 0 Å². The second-order valence-corrected chi connectivity index (χ2v) is 5.27. The molecule has 3 rings (SSSR count). The fraction of sp³-hybridized carbons (Fsp3) is 0.125. The average Bonchev–Trinajstić information content (AvgIpc) is 2.53. The topological polar surface area (TPSA) is 44.2 Å². The Morgan fingerprint density at radius 2 is 1.77 bits per heavy atom. The number of benzene rings is 2. The van der Waals surface area contributed by atoms with Crippen LogP contribution in [-0.2, 0) is 6.61 Å². The summed E-state index contributed by atoms with van der Waals surface area (Å²) in [5, 5.41) is 1.04. The minimum absolute atomic E-state index is 0.0941. The molecule has 0 saturated heterocycles. The largest absolute Gasteiger partial charge is 0.493 e. The second-order valence-electron chi connectivity index (χ2n) is 4.58. The Morgan fingerprint density at radius 1 is 1.00 bits per heavy atom. The third kappa shape index (κ3) is 3.08. The first-order valence-electron chi connectivity index (χ1n) is 6.55. The molecule has 4 nitrogen and oxygen atoms in total. The molecule has 2 aromatic carbocycles. The van der Waals surface area contributed by atoms with Gasteiger partial charge >= 0.3 is 0 Å². The van der Waals surface area contributed by atoms with Crippen molar-refractivity contribution in [1.82, 2.24) is 9.97 Å². The Balaban J connectivity index is 1.97. The van der Waals surface area contributed by atoms with Gasteiger partial charge in [0.2, 0.25) is 5.28 Å². The van der Waals surface area contributed by atoms with E-state index in [4.69, 9.17) is 32.7 Å². The zero-order chi connectivity index (χ0) is 15.5. The highest BCUT2D eigenvalue weighted by atomic mass is 35.5. The third-order valence-electron chi connectivity index (χ3n) is 3.14. The molecule has 1 heterocycles. The summed E-state index contributed by atoms with van der Waals surface area (Å²) in [7, 11) is 1.57. The number of fused-ring (bicyclic) bond motifs is 1. The highest BCUT2D eigenvalue weighted by Crippen LogP contribution is 2.35. The Bertz CT molecular complexity index is 810. The van der Waals surface area contributed by atoms with E-state index in [1.54, 1.807) is 19.2 Å². The van der Waals surface area contributed by atoms with E-state index in [1.807, 2.05) is 30.3 Å². The van der Waals surface area contributed by atoms with E-state index in [1.165, 1.54) is 0 Å². The summed E-state index contributed by atoms with van der Waals surface area (Å²) in [4.78, 5) is 8.09. The highest BCUT2D eigenvalue weighted by Gasteiger charge is 2.12. The zero-order valence-electron chi connectivity index (χ0n) is 11.7. The molecule has 3 aromatic rings. The van der Waals surface area contributed by atoms with Gasteiger partial charge in [-0.1, -0.05) is 41.9 Å². The van der Waals surface area contributed by atoms with Gasteiger partial charge in [-0.25, -0.2) is 9.97 Å². The lowest BCUT2D eigenvalue weighted by Crippen LogP contribution is -1.98. The summed E-state index contributed by atoms with van der Waals surface area (Å²) >= 11 is 11.9. The molecule has 0 amide bonds. The lowest BCUT2D eigenvalue weighted by Gasteiger charge is -2.12. The van der Waals surface area contributed by atoms with Crippen LogP contribution in [0.2, 0.25) is 10.4 Å². The molecule has 0 bridgehead atoms. The van der Waals surface area contributed by atoms with Gasteiger partial charge < -0.3 is 9.47 Å². The number of hydrogen-bond donors (Lipinski definition) is 0. The summed E-state index contributed by atoms with van der Waals surface area (Å²) in [6.07, 6.45) is 0. The fourth-order valence-electron chi connectivity index (χ4n) is 2.08. The number of nitrogens with zero attached hydrogens (tertiary/aromatic N) is 2. The Hall–Kier alpha value is -2.04. The first kappa shape index (κ1) is 14.9. The van der Waals surface area contributed by atoms with E-state index in [2.05, 4.69) is 9.97 Å². The molecule has 1 aromatic heterocycles. The van der Waals surface area contributed by atoms with Crippen molar-refractivity contribution in [1.29, 1.82) is 0 Å². The van der Waals surface area contributed by atoms with Gasteiger partial charge in [0.1, 0.15) is 11.8 Å². The number of aromatic nitrogens is 2. The summed E-state index contributed by atoms with van der Waals surface area (Å²) < 4.78 is 11.2. The van der Waals surface area contributed by atoms with Crippen LogP contribution in [0.25, 0.3) is 10.9 Å². The van der Waals surface area contributed by atoms with E-state index < -0.39 is 0 Å².